The topological polar surface area (TPSA) is 59.6 Å². The Hall–Kier alpha value is -2.26. The quantitative estimate of drug-likeness (QED) is 0.765. The third-order valence-electron chi connectivity index (χ3n) is 2.45. The third kappa shape index (κ3) is 2.62. The van der Waals surface area contributed by atoms with Crippen molar-refractivity contribution in [2.45, 2.75) is 20.8 Å². The molecular weight excluding hydrogens is 198 g/mol. The lowest BCUT2D eigenvalue weighted by molar-refractivity contribution is 1.29. The summed E-state index contributed by atoms with van der Waals surface area (Å²) >= 11 is 0. The van der Waals surface area contributed by atoms with Gasteiger partial charge >= 0.3 is 0 Å². The van der Waals surface area contributed by atoms with Gasteiger partial charge in [-0.3, -0.25) is 0 Å². The molecule has 0 heterocycles. The molecule has 0 saturated carbocycles. The molecule has 0 fully saturated rings. The van der Waals surface area contributed by atoms with Gasteiger partial charge in [-0.25, -0.2) is 0 Å². The van der Waals surface area contributed by atoms with E-state index in [-0.39, 0.29) is 5.57 Å². The number of allylic oxidation sites excluding steroid dienone is 1. The summed E-state index contributed by atoms with van der Waals surface area (Å²) < 4.78 is 0. The Morgan fingerprint density at radius 3 is 2.19 bits per heavy atom. The number of nitrogens with zero attached hydrogens (tertiary/aromatic N) is 2. The van der Waals surface area contributed by atoms with E-state index in [1.165, 1.54) is 17.3 Å². The third-order valence-corrected chi connectivity index (χ3v) is 2.45. The van der Waals surface area contributed by atoms with Crippen LogP contribution in [-0.4, -0.2) is 0 Å². The van der Waals surface area contributed by atoms with Crippen LogP contribution in [0.3, 0.4) is 0 Å². The van der Waals surface area contributed by atoms with Crippen LogP contribution in [0.15, 0.2) is 23.9 Å². The van der Waals surface area contributed by atoms with Crippen molar-refractivity contribution in [3.63, 3.8) is 0 Å². The highest BCUT2D eigenvalue weighted by molar-refractivity contribution is 5.57. The molecule has 0 aliphatic carbocycles. The van der Waals surface area contributed by atoms with Crippen molar-refractivity contribution in [3.8, 4) is 12.1 Å². The average molecular weight is 211 g/mol. The first kappa shape index (κ1) is 11.8. The van der Waals surface area contributed by atoms with E-state index in [0.717, 1.165) is 11.3 Å². The number of nitrogens with one attached hydrogen (secondary N) is 1. The maximum absolute atomic E-state index is 8.59. The Morgan fingerprint density at radius 1 is 1.06 bits per heavy atom. The summed E-state index contributed by atoms with van der Waals surface area (Å²) in [6.45, 7) is 6.07. The zero-order chi connectivity index (χ0) is 12.1. The molecule has 0 amide bonds. The molecule has 1 aromatic carbocycles. The molecule has 80 valence electrons. The van der Waals surface area contributed by atoms with E-state index >= 15 is 0 Å². The molecule has 0 radical (unpaired) electrons. The number of nitriles is 2. The summed E-state index contributed by atoms with van der Waals surface area (Å²) in [6.07, 6.45) is 1.43. The Morgan fingerprint density at radius 2 is 1.62 bits per heavy atom. The standard InChI is InChI=1S/C13H13N3/c1-9-4-11(3)13(5-10(9)2)16-8-12(6-14)7-15/h4-5,8,16H,1-3H3. The predicted octanol–water partition coefficient (Wildman–Crippen LogP) is 2.95. The highest BCUT2D eigenvalue weighted by Crippen LogP contribution is 2.20. The number of hydrogen-bond donors (Lipinski definition) is 1. The highest BCUT2D eigenvalue weighted by Gasteiger charge is 2.00. The van der Waals surface area contributed by atoms with Gasteiger partial charge in [0.1, 0.15) is 17.7 Å². The van der Waals surface area contributed by atoms with Gasteiger partial charge in [0.15, 0.2) is 0 Å². The van der Waals surface area contributed by atoms with Gasteiger partial charge < -0.3 is 5.32 Å². The second-order valence-electron chi connectivity index (χ2n) is 3.68. The summed E-state index contributed by atoms with van der Waals surface area (Å²) in [5.41, 5.74) is 4.49. The van der Waals surface area contributed by atoms with Gasteiger partial charge in [0.2, 0.25) is 0 Å². The van der Waals surface area contributed by atoms with Crippen LogP contribution in [0.2, 0.25) is 0 Å². The van der Waals surface area contributed by atoms with Crippen LogP contribution in [0.25, 0.3) is 0 Å². The van der Waals surface area contributed by atoms with E-state index < -0.39 is 0 Å². The average Bonchev–Trinajstić information content (AvgIpc) is 2.26. The van der Waals surface area contributed by atoms with Gasteiger partial charge in [-0.1, -0.05) is 6.07 Å². The molecule has 0 spiro atoms. The first-order valence-electron chi connectivity index (χ1n) is 4.93. The summed E-state index contributed by atoms with van der Waals surface area (Å²) in [7, 11) is 0. The van der Waals surface area contributed by atoms with Gasteiger partial charge in [0.05, 0.1) is 0 Å². The molecule has 0 saturated heterocycles. The van der Waals surface area contributed by atoms with Crippen LogP contribution in [0, 0.1) is 43.4 Å². The Balaban J connectivity index is 3.01. The first-order valence-corrected chi connectivity index (χ1v) is 4.93. The van der Waals surface area contributed by atoms with Gasteiger partial charge in [0, 0.05) is 11.9 Å². The lowest BCUT2D eigenvalue weighted by atomic mass is 10.1. The molecule has 0 bridgehead atoms. The Labute approximate surface area is 95.6 Å². The molecule has 0 atom stereocenters. The molecule has 1 aromatic rings. The lowest BCUT2D eigenvalue weighted by Gasteiger charge is -2.09. The maximum Gasteiger partial charge on any atom is 0.145 e. The van der Waals surface area contributed by atoms with Crippen LogP contribution in [0.1, 0.15) is 16.7 Å². The van der Waals surface area contributed by atoms with Crippen molar-refractivity contribution in [1.82, 2.24) is 0 Å². The fourth-order valence-corrected chi connectivity index (χ4v) is 1.36. The van der Waals surface area contributed by atoms with Gasteiger partial charge in [-0.15, -0.1) is 0 Å². The van der Waals surface area contributed by atoms with Crippen molar-refractivity contribution in [2.24, 2.45) is 0 Å². The van der Waals surface area contributed by atoms with E-state index in [9.17, 15) is 0 Å². The number of benzene rings is 1. The zero-order valence-corrected chi connectivity index (χ0v) is 9.63. The number of anilines is 1. The number of aryl methyl sites for hydroxylation is 3. The molecule has 1 rings (SSSR count). The smallest absolute Gasteiger partial charge is 0.145 e. The Bertz CT molecular complexity index is 497. The molecule has 0 unspecified atom stereocenters. The molecule has 3 heteroatoms. The van der Waals surface area contributed by atoms with Gasteiger partial charge in [-0.2, -0.15) is 10.5 Å². The lowest BCUT2D eigenvalue weighted by Crippen LogP contribution is -1.95. The molecule has 1 N–H and O–H groups in total. The van der Waals surface area contributed by atoms with Crippen molar-refractivity contribution in [1.29, 1.82) is 10.5 Å². The van der Waals surface area contributed by atoms with Crippen molar-refractivity contribution in [2.75, 3.05) is 5.32 Å². The summed E-state index contributed by atoms with van der Waals surface area (Å²) in [5.74, 6) is 0. The fraction of sp³-hybridized carbons (Fsp3) is 0.231. The maximum atomic E-state index is 8.59. The normalized spacial score (nSPS) is 8.81. The highest BCUT2D eigenvalue weighted by atomic mass is 14.8. The minimum atomic E-state index is 0.0672. The molecule has 3 nitrogen and oxygen atoms in total. The molecular formula is C13H13N3. The van der Waals surface area contributed by atoms with E-state index in [1.54, 1.807) is 12.1 Å². The van der Waals surface area contributed by atoms with E-state index in [1.807, 2.05) is 19.9 Å². The van der Waals surface area contributed by atoms with E-state index in [4.69, 9.17) is 10.5 Å². The van der Waals surface area contributed by atoms with Crippen LogP contribution in [0.4, 0.5) is 5.69 Å². The van der Waals surface area contributed by atoms with E-state index in [0.29, 0.717) is 0 Å². The second kappa shape index (κ2) is 5.00. The SMILES string of the molecule is Cc1cc(C)c(NC=C(C#N)C#N)cc1C. The van der Waals surface area contributed by atoms with Gasteiger partial charge in [0.25, 0.3) is 0 Å². The zero-order valence-electron chi connectivity index (χ0n) is 9.63. The minimum Gasteiger partial charge on any atom is -0.360 e. The molecule has 0 aromatic heterocycles. The van der Waals surface area contributed by atoms with E-state index in [2.05, 4.69) is 18.3 Å². The van der Waals surface area contributed by atoms with Crippen LogP contribution in [0.5, 0.6) is 0 Å². The van der Waals surface area contributed by atoms with Crippen LogP contribution >= 0.6 is 0 Å². The largest absolute Gasteiger partial charge is 0.360 e. The minimum absolute atomic E-state index is 0.0672. The molecule has 0 aliphatic heterocycles. The number of rotatable bonds is 2. The fourth-order valence-electron chi connectivity index (χ4n) is 1.36. The monoisotopic (exact) mass is 211 g/mol. The molecule has 0 aliphatic rings. The van der Waals surface area contributed by atoms with Gasteiger partial charge in [-0.05, 0) is 43.5 Å². The van der Waals surface area contributed by atoms with Crippen molar-refractivity contribution in [3.05, 3.63) is 40.6 Å². The second-order valence-corrected chi connectivity index (χ2v) is 3.68. The summed E-state index contributed by atoms with van der Waals surface area (Å²) in [6, 6.07) is 7.69. The van der Waals surface area contributed by atoms with Crippen molar-refractivity contribution < 1.29 is 0 Å². The van der Waals surface area contributed by atoms with Crippen LogP contribution < -0.4 is 5.32 Å². The van der Waals surface area contributed by atoms with Crippen molar-refractivity contribution >= 4 is 5.69 Å². The van der Waals surface area contributed by atoms with Crippen LogP contribution in [-0.2, 0) is 0 Å². The molecule has 16 heavy (non-hydrogen) atoms. The predicted molar refractivity (Wildman–Crippen MR) is 63.6 cm³/mol. The summed E-state index contributed by atoms with van der Waals surface area (Å²) in [5, 5.41) is 20.2. The summed E-state index contributed by atoms with van der Waals surface area (Å²) in [4.78, 5) is 0. The Kier molecular flexibility index (Phi) is 3.69. The number of hydrogen-bond acceptors (Lipinski definition) is 3. The first-order chi connectivity index (χ1) is 7.58.